The highest BCUT2D eigenvalue weighted by atomic mass is 32.1. The van der Waals surface area contributed by atoms with E-state index in [9.17, 15) is 9.59 Å². The van der Waals surface area contributed by atoms with E-state index in [1.54, 1.807) is 7.11 Å². The van der Waals surface area contributed by atoms with E-state index < -0.39 is 0 Å². The molecule has 8 heteroatoms. The van der Waals surface area contributed by atoms with Crippen LogP contribution in [0.4, 0.5) is 0 Å². The van der Waals surface area contributed by atoms with Crippen LogP contribution in [0.25, 0.3) is 20.7 Å². The molecule has 1 unspecified atom stereocenters. The number of methoxy groups -OCH3 is 1. The van der Waals surface area contributed by atoms with Crippen LogP contribution in [-0.4, -0.2) is 47.1 Å². The molecule has 0 saturated carbocycles. The molecule has 0 bridgehead atoms. The third kappa shape index (κ3) is 5.13. The number of thiophene rings is 1. The van der Waals surface area contributed by atoms with Gasteiger partial charge in [0.2, 0.25) is 5.91 Å². The Morgan fingerprint density at radius 2 is 1.86 bits per heavy atom. The van der Waals surface area contributed by atoms with Crippen LogP contribution in [0.1, 0.15) is 24.4 Å². The molecule has 5 rings (SSSR count). The van der Waals surface area contributed by atoms with E-state index in [0.717, 1.165) is 47.7 Å². The largest absolute Gasteiger partial charge is 0.497 e. The molecule has 0 radical (unpaired) electrons. The Hall–Kier alpha value is -3.49. The number of nitrogens with one attached hydrogen (secondary N) is 1. The maximum Gasteiger partial charge on any atom is 0.262 e. The Labute approximate surface area is 208 Å². The molecular weight excluding hydrogens is 460 g/mol. The number of carbonyl (C=O) groups excluding carboxylic acids is 1. The minimum Gasteiger partial charge on any atom is -0.497 e. The molecule has 35 heavy (non-hydrogen) atoms. The van der Waals surface area contributed by atoms with Crippen LogP contribution in [0.3, 0.4) is 0 Å². The van der Waals surface area contributed by atoms with Crippen molar-refractivity contribution in [2.75, 3.05) is 26.7 Å². The van der Waals surface area contributed by atoms with Crippen molar-refractivity contribution in [3.05, 3.63) is 82.9 Å². The molecule has 180 valence electrons. The Bertz CT molecular complexity index is 1360. The zero-order valence-corrected chi connectivity index (χ0v) is 20.5. The number of aromatic nitrogens is 2. The molecule has 1 aliphatic heterocycles. The zero-order valence-electron chi connectivity index (χ0n) is 19.6. The van der Waals surface area contributed by atoms with E-state index in [-0.39, 0.29) is 24.1 Å². The SMILES string of the molecule is COc1ccc(C(CNC(=O)Cn2cnc3sc(-c4ccccc4)cc3c2=O)N2CCCC2)cc1. The Kier molecular flexibility index (Phi) is 6.92. The lowest BCUT2D eigenvalue weighted by Gasteiger charge is -2.28. The average Bonchev–Trinajstić information content (AvgIpc) is 3.58. The van der Waals surface area contributed by atoms with Gasteiger partial charge < -0.3 is 10.1 Å². The number of likely N-dealkylation sites (tertiary alicyclic amines) is 1. The summed E-state index contributed by atoms with van der Waals surface area (Å²) in [5.74, 6) is 0.605. The van der Waals surface area contributed by atoms with Gasteiger partial charge in [-0.2, -0.15) is 0 Å². The lowest BCUT2D eigenvalue weighted by atomic mass is 10.1. The van der Waals surface area contributed by atoms with E-state index in [1.807, 2.05) is 48.5 Å². The van der Waals surface area contributed by atoms with Crippen LogP contribution in [0.5, 0.6) is 5.75 Å². The fourth-order valence-electron chi connectivity index (χ4n) is 4.58. The van der Waals surface area contributed by atoms with Gasteiger partial charge >= 0.3 is 0 Å². The Morgan fingerprint density at radius 3 is 2.57 bits per heavy atom. The first kappa shape index (κ1) is 23.3. The van der Waals surface area contributed by atoms with Crippen molar-refractivity contribution in [3.8, 4) is 16.2 Å². The summed E-state index contributed by atoms with van der Waals surface area (Å²) < 4.78 is 6.67. The molecule has 1 fully saturated rings. The van der Waals surface area contributed by atoms with Crippen molar-refractivity contribution in [1.29, 1.82) is 0 Å². The van der Waals surface area contributed by atoms with Crippen molar-refractivity contribution in [3.63, 3.8) is 0 Å². The van der Waals surface area contributed by atoms with Crippen LogP contribution in [0.2, 0.25) is 0 Å². The number of benzene rings is 2. The summed E-state index contributed by atoms with van der Waals surface area (Å²) in [7, 11) is 1.65. The minimum atomic E-state index is -0.204. The fourth-order valence-corrected chi connectivity index (χ4v) is 5.57. The summed E-state index contributed by atoms with van der Waals surface area (Å²) >= 11 is 1.48. The molecule has 1 amide bonds. The summed E-state index contributed by atoms with van der Waals surface area (Å²) in [6.45, 7) is 2.43. The number of carbonyl (C=O) groups is 1. The molecule has 2 aromatic carbocycles. The standard InChI is InChI=1S/C27H28N4O3S/c1-34-21-11-9-19(10-12-21)23(30-13-5-6-14-30)16-28-25(32)17-31-18-29-26-22(27(31)33)15-24(35-26)20-7-3-2-4-8-20/h2-4,7-12,15,18,23H,5-6,13-14,16-17H2,1H3,(H,28,32). The molecule has 0 spiro atoms. The fraction of sp³-hybridized carbons (Fsp3) is 0.296. The molecule has 4 aromatic rings. The van der Waals surface area contributed by atoms with E-state index >= 15 is 0 Å². The number of rotatable bonds is 8. The molecule has 1 atom stereocenters. The van der Waals surface area contributed by atoms with Gasteiger partial charge in [0, 0.05) is 11.4 Å². The summed E-state index contributed by atoms with van der Waals surface area (Å²) in [5.41, 5.74) is 1.99. The lowest BCUT2D eigenvalue weighted by molar-refractivity contribution is -0.122. The predicted octanol–water partition coefficient (Wildman–Crippen LogP) is 4.09. The molecule has 2 aromatic heterocycles. The smallest absolute Gasteiger partial charge is 0.262 e. The number of hydrogen-bond donors (Lipinski definition) is 1. The Balaban J connectivity index is 1.30. The molecule has 3 heterocycles. The van der Waals surface area contributed by atoms with Crippen molar-refractivity contribution in [2.24, 2.45) is 0 Å². The van der Waals surface area contributed by atoms with Crippen LogP contribution >= 0.6 is 11.3 Å². The van der Waals surface area contributed by atoms with Crippen molar-refractivity contribution >= 4 is 27.5 Å². The predicted molar refractivity (Wildman–Crippen MR) is 139 cm³/mol. The summed E-state index contributed by atoms with van der Waals surface area (Å²) in [5, 5.41) is 3.58. The quantitative estimate of drug-likeness (QED) is 0.404. The number of nitrogens with zero attached hydrogens (tertiary/aromatic N) is 3. The van der Waals surface area contributed by atoms with Gasteiger partial charge in [-0.15, -0.1) is 11.3 Å². The second kappa shape index (κ2) is 10.4. The molecule has 0 aliphatic carbocycles. The van der Waals surface area contributed by atoms with Gasteiger partial charge in [0.25, 0.3) is 5.56 Å². The molecule has 7 nitrogen and oxygen atoms in total. The average molecular weight is 489 g/mol. The van der Waals surface area contributed by atoms with Gasteiger partial charge in [-0.3, -0.25) is 19.1 Å². The molecule has 1 aliphatic rings. The van der Waals surface area contributed by atoms with Crippen molar-refractivity contribution < 1.29 is 9.53 Å². The van der Waals surface area contributed by atoms with Gasteiger partial charge in [-0.05, 0) is 55.3 Å². The first-order valence-electron chi connectivity index (χ1n) is 11.8. The van der Waals surface area contributed by atoms with Crippen LogP contribution < -0.4 is 15.6 Å². The van der Waals surface area contributed by atoms with Gasteiger partial charge in [-0.25, -0.2) is 4.98 Å². The molecular formula is C27H28N4O3S. The summed E-state index contributed by atoms with van der Waals surface area (Å²) in [6, 6.07) is 19.9. The van der Waals surface area contributed by atoms with E-state index in [2.05, 4.69) is 27.3 Å². The topological polar surface area (TPSA) is 76.5 Å². The second-order valence-electron chi connectivity index (χ2n) is 8.71. The van der Waals surface area contributed by atoms with E-state index in [1.165, 1.54) is 22.2 Å². The number of fused-ring (bicyclic) bond motifs is 1. The molecule has 1 N–H and O–H groups in total. The third-order valence-corrected chi connectivity index (χ3v) is 7.56. The van der Waals surface area contributed by atoms with Crippen molar-refractivity contribution in [2.45, 2.75) is 25.4 Å². The number of amides is 1. The summed E-state index contributed by atoms with van der Waals surface area (Å²) in [4.78, 5) is 34.4. The van der Waals surface area contributed by atoms with Crippen LogP contribution in [0.15, 0.2) is 71.8 Å². The first-order valence-corrected chi connectivity index (χ1v) is 12.6. The maximum atomic E-state index is 13.1. The van der Waals surface area contributed by atoms with Crippen molar-refractivity contribution in [1.82, 2.24) is 19.8 Å². The number of hydrogen-bond acceptors (Lipinski definition) is 6. The first-order chi connectivity index (χ1) is 17.1. The van der Waals surface area contributed by atoms with E-state index in [4.69, 9.17) is 4.74 Å². The molecule has 1 saturated heterocycles. The van der Waals surface area contributed by atoms with E-state index in [0.29, 0.717) is 16.8 Å². The highest BCUT2D eigenvalue weighted by Crippen LogP contribution is 2.30. The van der Waals surface area contributed by atoms with Crippen LogP contribution in [-0.2, 0) is 11.3 Å². The van der Waals surface area contributed by atoms with Crippen LogP contribution in [0, 0.1) is 0 Å². The highest BCUT2D eigenvalue weighted by molar-refractivity contribution is 7.21. The normalized spacial score (nSPS) is 14.8. The minimum absolute atomic E-state index is 0.0619. The zero-order chi connectivity index (χ0) is 24.2. The third-order valence-electron chi connectivity index (χ3n) is 6.46. The van der Waals surface area contributed by atoms with Gasteiger partial charge in [0.15, 0.2) is 0 Å². The van der Waals surface area contributed by atoms with Gasteiger partial charge in [-0.1, -0.05) is 42.5 Å². The van der Waals surface area contributed by atoms with Gasteiger partial charge in [0.1, 0.15) is 17.1 Å². The Morgan fingerprint density at radius 1 is 1.11 bits per heavy atom. The number of ether oxygens (including phenoxy) is 1. The second-order valence-corrected chi connectivity index (χ2v) is 9.74. The summed E-state index contributed by atoms with van der Waals surface area (Å²) in [6.07, 6.45) is 3.79. The monoisotopic (exact) mass is 488 g/mol. The maximum absolute atomic E-state index is 13.1. The highest BCUT2D eigenvalue weighted by Gasteiger charge is 2.24. The van der Waals surface area contributed by atoms with Gasteiger partial charge in [0.05, 0.1) is 24.9 Å². The lowest BCUT2D eigenvalue weighted by Crippen LogP contribution is -2.39.